The lowest BCUT2D eigenvalue weighted by Crippen LogP contribution is -2.52. The van der Waals surface area contributed by atoms with Crippen LogP contribution in [-0.2, 0) is 9.53 Å². The zero-order valence-electron chi connectivity index (χ0n) is 15.4. The minimum absolute atomic E-state index is 0.0302. The molecule has 6 nitrogen and oxygen atoms in total. The number of ether oxygens (including phenoxy) is 1. The highest BCUT2D eigenvalue weighted by molar-refractivity contribution is 5.86. The highest BCUT2D eigenvalue weighted by Crippen LogP contribution is 2.12. The minimum Gasteiger partial charge on any atom is -0.444 e. The van der Waals surface area contributed by atoms with Crippen molar-refractivity contribution in [3.8, 4) is 0 Å². The van der Waals surface area contributed by atoms with E-state index in [1.807, 2.05) is 45.0 Å². The largest absolute Gasteiger partial charge is 0.444 e. The van der Waals surface area contributed by atoms with Crippen LogP contribution in [0.5, 0.6) is 0 Å². The molecule has 2 amide bonds. The maximum atomic E-state index is 12.4. The fourth-order valence-electron chi connectivity index (χ4n) is 1.98. The fraction of sp³-hybridized carbons (Fsp3) is 0.556. The summed E-state index contributed by atoms with van der Waals surface area (Å²) in [5.74, 6) is -0.340. The van der Waals surface area contributed by atoms with Gasteiger partial charge < -0.3 is 10.1 Å². The van der Waals surface area contributed by atoms with Gasteiger partial charge in [-0.2, -0.15) is 0 Å². The SMILES string of the molecule is CCC(C)C(NC(=O)OC(C)(C)C)C(=O)NNc1ccc(C)cc1. The zero-order chi connectivity index (χ0) is 18.3. The summed E-state index contributed by atoms with van der Waals surface area (Å²) in [4.78, 5) is 24.4. The highest BCUT2D eigenvalue weighted by atomic mass is 16.6. The van der Waals surface area contributed by atoms with Crippen molar-refractivity contribution in [3.05, 3.63) is 29.8 Å². The standard InChI is InChI=1S/C18H29N3O3/c1-7-13(3)15(19-17(23)24-18(4,5)6)16(22)21-20-14-10-8-12(2)9-11-14/h8-11,13,15,20H,7H2,1-6H3,(H,19,23)(H,21,22). The van der Waals surface area contributed by atoms with E-state index in [1.54, 1.807) is 20.8 Å². The predicted molar refractivity (Wildman–Crippen MR) is 95.6 cm³/mol. The first-order chi connectivity index (χ1) is 11.1. The maximum absolute atomic E-state index is 12.4. The first-order valence-electron chi connectivity index (χ1n) is 8.24. The van der Waals surface area contributed by atoms with Crippen LogP contribution < -0.4 is 16.2 Å². The Bertz CT molecular complexity index is 550. The number of hydrazine groups is 1. The molecule has 6 heteroatoms. The van der Waals surface area contributed by atoms with Gasteiger partial charge in [0.25, 0.3) is 5.91 Å². The third-order valence-corrected chi connectivity index (χ3v) is 3.55. The van der Waals surface area contributed by atoms with Gasteiger partial charge in [0.05, 0.1) is 5.69 Å². The number of anilines is 1. The van der Waals surface area contributed by atoms with Crippen LogP contribution in [0.1, 0.15) is 46.6 Å². The number of benzene rings is 1. The topological polar surface area (TPSA) is 79.5 Å². The average molecular weight is 335 g/mol. The van der Waals surface area contributed by atoms with Crippen LogP contribution in [0.25, 0.3) is 0 Å². The summed E-state index contributed by atoms with van der Waals surface area (Å²) in [6, 6.07) is 6.95. The number of hydrogen-bond donors (Lipinski definition) is 3. The number of aryl methyl sites for hydroxylation is 1. The smallest absolute Gasteiger partial charge is 0.408 e. The number of carbonyl (C=O) groups excluding carboxylic acids is 2. The van der Waals surface area contributed by atoms with Gasteiger partial charge in [0, 0.05) is 0 Å². The molecule has 2 atom stereocenters. The molecule has 0 spiro atoms. The third kappa shape index (κ3) is 6.89. The number of alkyl carbamates (subject to hydrolysis) is 1. The second-order valence-corrected chi connectivity index (χ2v) is 6.99. The summed E-state index contributed by atoms with van der Waals surface area (Å²) in [5, 5.41) is 2.66. The van der Waals surface area contributed by atoms with Crippen LogP contribution in [0.3, 0.4) is 0 Å². The lowest BCUT2D eigenvalue weighted by molar-refractivity contribution is -0.123. The number of amides is 2. The molecule has 0 saturated carbocycles. The summed E-state index contributed by atoms with van der Waals surface area (Å²) in [6.07, 6.45) is 0.150. The molecular weight excluding hydrogens is 306 g/mol. The fourth-order valence-corrected chi connectivity index (χ4v) is 1.98. The summed E-state index contributed by atoms with van der Waals surface area (Å²) in [5.41, 5.74) is 6.80. The predicted octanol–water partition coefficient (Wildman–Crippen LogP) is 3.38. The summed E-state index contributed by atoms with van der Waals surface area (Å²) in [6.45, 7) is 11.2. The van der Waals surface area contributed by atoms with E-state index >= 15 is 0 Å². The zero-order valence-corrected chi connectivity index (χ0v) is 15.4. The monoisotopic (exact) mass is 335 g/mol. The molecule has 0 aliphatic rings. The van der Waals surface area contributed by atoms with E-state index in [0.717, 1.165) is 17.7 Å². The Morgan fingerprint density at radius 1 is 1.17 bits per heavy atom. The van der Waals surface area contributed by atoms with E-state index < -0.39 is 17.7 Å². The molecule has 134 valence electrons. The molecular formula is C18H29N3O3. The van der Waals surface area contributed by atoms with E-state index in [4.69, 9.17) is 4.74 Å². The first kappa shape index (κ1) is 19.8. The Labute approximate surface area is 144 Å². The number of nitrogens with one attached hydrogen (secondary N) is 3. The van der Waals surface area contributed by atoms with Crippen molar-refractivity contribution >= 4 is 17.7 Å². The van der Waals surface area contributed by atoms with Crippen molar-refractivity contribution in [3.63, 3.8) is 0 Å². The van der Waals surface area contributed by atoms with Crippen LogP contribution in [0.2, 0.25) is 0 Å². The van der Waals surface area contributed by atoms with E-state index in [9.17, 15) is 9.59 Å². The van der Waals surface area contributed by atoms with Gasteiger partial charge >= 0.3 is 6.09 Å². The molecule has 0 bridgehead atoms. The second-order valence-electron chi connectivity index (χ2n) is 6.99. The maximum Gasteiger partial charge on any atom is 0.408 e. The molecule has 1 aromatic rings. The van der Waals surface area contributed by atoms with Gasteiger partial charge in [0.1, 0.15) is 11.6 Å². The molecule has 0 aromatic heterocycles. The molecule has 0 aliphatic heterocycles. The third-order valence-electron chi connectivity index (χ3n) is 3.55. The second kappa shape index (κ2) is 8.57. The van der Waals surface area contributed by atoms with Crippen LogP contribution >= 0.6 is 0 Å². The molecule has 0 saturated heterocycles. The Morgan fingerprint density at radius 2 is 1.75 bits per heavy atom. The summed E-state index contributed by atoms with van der Waals surface area (Å²) < 4.78 is 5.24. The van der Waals surface area contributed by atoms with Crippen molar-refractivity contribution in [1.29, 1.82) is 0 Å². The van der Waals surface area contributed by atoms with Crippen molar-refractivity contribution in [2.24, 2.45) is 5.92 Å². The van der Waals surface area contributed by atoms with Gasteiger partial charge in [0.2, 0.25) is 0 Å². The first-order valence-corrected chi connectivity index (χ1v) is 8.24. The Morgan fingerprint density at radius 3 is 2.25 bits per heavy atom. The van der Waals surface area contributed by atoms with Crippen molar-refractivity contribution in [2.75, 3.05) is 5.43 Å². The highest BCUT2D eigenvalue weighted by Gasteiger charge is 2.28. The Balaban J connectivity index is 2.67. The molecule has 1 aromatic carbocycles. The van der Waals surface area contributed by atoms with Crippen LogP contribution in [0.4, 0.5) is 10.5 Å². The lowest BCUT2D eigenvalue weighted by Gasteiger charge is -2.26. The molecule has 2 unspecified atom stereocenters. The van der Waals surface area contributed by atoms with Crippen LogP contribution in [-0.4, -0.2) is 23.6 Å². The van der Waals surface area contributed by atoms with E-state index in [-0.39, 0.29) is 11.8 Å². The van der Waals surface area contributed by atoms with Gasteiger partial charge in [-0.25, -0.2) is 4.79 Å². The molecule has 1 rings (SSSR count). The number of rotatable bonds is 6. The van der Waals surface area contributed by atoms with Gasteiger partial charge in [-0.1, -0.05) is 38.0 Å². The van der Waals surface area contributed by atoms with Crippen LogP contribution in [0, 0.1) is 12.8 Å². The molecule has 0 aliphatic carbocycles. The van der Waals surface area contributed by atoms with Crippen molar-refractivity contribution in [2.45, 2.75) is 59.6 Å². The quantitative estimate of drug-likeness (QED) is 0.696. The normalized spacial score (nSPS) is 13.6. The molecule has 24 heavy (non-hydrogen) atoms. The minimum atomic E-state index is -0.678. The summed E-state index contributed by atoms with van der Waals surface area (Å²) in [7, 11) is 0. The number of carbonyl (C=O) groups is 2. The van der Waals surface area contributed by atoms with Gasteiger partial charge in [0.15, 0.2) is 0 Å². The molecule has 0 heterocycles. The van der Waals surface area contributed by atoms with Gasteiger partial charge in [-0.15, -0.1) is 0 Å². The van der Waals surface area contributed by atoms with E-state index in [2.05, 4.69) is 16.2 Å². The van der Waals surface area contributed by atoms with E-state index in [0.29, 0.717) is 0 Å². The Hall–Kier alpha value is -2.24. The van der Waals surface area contributed by atoms with Gasteiger partial charge in [-0.3, -0.25) is 15.6 Å². The molecule has 0 fully saturated rings. The van der Waals surface area contributed by atoms with Gasteiger partial charge in [-0.05, 0) is 45.7 Å². The number of hydrogen-bond acceptors (Lipinski definition) is 4. The van der Waals surface area contributed by atoms with Crippen LogP contribution in [0.15, 0.2) is 24.3 Å². The molecule has 0 radical (unpaired) electrons. The average Bonchev–Trinajstić information content (AvgIpc) is 2.49. The molecule has 3 N–H and O–H groups in total. The van der Waals surface area contributed by atoms with E-state index in [1.165, 1.54) is 0 Å². The summed E-state index contributed by atoms with van der Waals surface area (Å²) >= 11 is 0. The lowest BCUT2D eigenvalue weighted by atomic mass is 9.99. The van der Waals surface area contributed by atoms with Crippen molar-refractivity contribution in [1.82, 2.24) is 10.7 Å². The Kier molecular flexibility index (Phi) is 7.07. The van der Waals surface area contributed by atoms with Crippen molar-refractivity contribution < 1.29 is 14.3 Å².